The van der Waals surface area contributed by atoms with Crippen molar-refractivity contribution in [3.8, 4) is 5.82 Å². The van der Waals surface area contributed by atoms with E-state index in [1.54, 1.807) is 15.8 Å². The molecule has 0 bridgehead atoms. The Hall–Kier alpha value is -3.95. The van der Waals surface area contributed by atoms with Crippen molar-refractivity contribution in [2.24, 2.45) is 0 Å². The fourth-order valence-electron chi connectivity index (χ4n) is 3.26. The van der Waals surface area contributed by atoms with Crippen molar-refractivity contribution in [3.63, 3.8) is 0 Å². The van der Waals surface area contributed by atoms with E-state index in [1.165, 1.54) is 6.33 Å². The topological polar surface area (TPSA) is 105 Å². The van der Waals surface area contributed by atoms with Gasteiger partial charge in [-0.3, -0.25) is 4.79 Å². The molecule has 1 N–H and O–H groups in total. The molecule has 3 heterocycles. The van der Waals surface area contributed by atoms with Gasteiger partial charge < -0.3 is 19.9 Å². The molecular formula is C21H23N7O3. The summed E-state index contributed by atoms with van der Waals surface area (Å²) in [4.78, 5) is 36.7. The molecule has 160 valence electrons. The second kappa shape index (κ2) is 9.70. The summed E-state index contributed by atoms with van der Waals surface area (Å²) in [5, 5.41) is 6.70. The van der Waals surface area contributed by atoms with Crippen LogP contribution < -0.4 is 10.2 Å². The van der Waals surface area contributed by atoms with Gasteiger partial charge in [-0.1, -0.05) is 30.3 Å². The summed E-state index contributed by atoms with van der Waals surface area (Å²) in [6.07, 6.45) is 4.41. The number of nitrogens with one attached hydrogen (secondary N) is 1. The Morgan fingerprint density at radius 3 is 2.52 bits per heavy atom. The third-order valence-corrected chi connectivity index (χ3v) is 4.93. The fraction of sp³-hybridized carbons (Fsp3) is 0.286. The average molecular weight is 421 g/mol. The van der Waals surface area contributed by atoms with Crippen LogP contribution in [-0.4, -0.2) is 69.4 Å². The number of hydrogen-bond donors (Lipinski definition) is 1. The predicted molar refractivity (Wildman–Crippen MR) is 113 cm³/mol. The third-order valence-electron chi connectivity index (χ3n) is 4.93. The quantitative estimate of drug-likeness (QED) is 0.638. The van der Waals surface area contributed by atoms with Crippen LogP contribution in [0.5, 0.6) is 0 Å². The zero-order valence-corrected chi connectivity index (χ0v) is 16.9. The smallest absolute Gasteiger partial charge is 0.407 e. The van der Waals surface area contributed by atoms with E-state index in [4.69, 9.17) is 4.74 Å². The minimum absolute atomic E-state index is 0.0927. The van der Waals surface area contributed by atoms with E-state index in [0.717, 1.165) is 11.4 Å². The van der Waals surface area contributed by atoms with Crippen molar-refractivity contribution in [2.45, 2.75) is 6.61 Å². The first-order valence-electron chi connectivity index (χ1n) is 9.98. The SMILES string of the molecule is O=C(NCC(=O)N1CCN(c2cc(-n3cccn3)ncn2)CC1)OCc1ccccc1. The van der Waals surface area contributed by atoms with Crippen molar-refractivity contribution in [1.82, 2.24) is 30.0 Å². The molecule has 0 radical (unpaired) electrons. The number of carbonyl (C=O) groups excluding carboxylic acids is 2. The molecule has 1 aromatic carbocycles. The summed E-state index contributed by atoms with van der Waals surface area (Å²) >= 11 is 0. The highest BCUT2D eigenvalue weighted by molar-refractivity contribution is 5.82. The molecule has 0 saturated carbocycles. The Morgan fingerprint density at radius 1 is 1.00 bits per heavy atom. The number of amides is 2. The van der Waals surface area contributed by atoms with Gasteiger partial charge in [0.05, 0.1) is 0 Å². The van der Waals surface area contributed by atoms with Crippen molar-refractivity contribution in [3.05, 3.63) is 66.7 Å². The Bertz CT molecular complexity index is 1000. The van der Waals surface area contributed by atoms with Gasteiger partial charge in [0.25, 0.3) is 0 Å². The molecule has 1 aliphatic heterocycles. The molecule has 3 aromatic rings. The van der Waals surface area contributed by atoms with Crippen molar-refractivity contribution in [1.29, 1.82) is 0 Å². The lowest BCUT2D eigenvalue weighted by molar-refractivity contribution is -0.130. The molecule has 1 fully saturated rings. The molecule has 2 amide bonds. The first-order valence-corrected chi connectivity index (χ1v) is 9.98. The fourth-order valence-corrected chi connectivity index (χ4v) is 3.26. The van der Waals surface area contributed by atoms with E-state index in [2.05, 4.69) is 25.3 Å². The molecule has 0 spiro atoms. The van der Waals surface area contributed by atoms with Crippen LogP contribution in [0.15, 0.2) is 61.2 Å². The van der Waals surface area contributed by atoms with E-state index in [0.29, 0.717) is 32.0 Å². The summed E-state index contributed by atoms with van der Waals surface area (Å²) in [6, 6.07) is 13.1. The number of rotatable bonds is 6. The first-order chi connectivity index (χ1) is 15.2. The maximum atomic E-state index is 12.4. The monoisotopic (exact) mass is 421 g/mol. The largest absolute Gasteiger partial charge is 0.445 e. The highest BCUT2D eigenvalue weighted by Crippen LogP contribution is 2.15. The van der Waals surface area contributed by atoms with Gasteiger partial charge >= 0.3 is 6.09 Å². The van der Waals surface area contributed by atoms with Crippen LogP contribution in [0.3, 0.4) is 0 Å². The number of piperazine rings is 1. The van der Waals surface area contributed by atoms with Crippen LogP contribution in [0.2, 0.25) is 0 Å². The Labute approximate surface area is 179 Å². The average Bonchev–Trinajstić information content (AvgIpc) is 3.37. The van der Waals surface area contributed by atoms with Crippen LogP contribution in [0.4, 0.5) is 10.6 Å². The first kappa shape index (κ1) is 20.3. The van der Waals surface area contributed by atoms with Crippen molar-refractivity contribution in [2.75, 3.05) is 37.6 Å². The summed E-state index contributed by atoms with van der Waals surface area (Å²) in [5.74, 6) is 1.33. The number of aromatic nitrogens is 4. The molecule has 1 aliphatic rings. The van der Waals surface area contributed by atoms with E-state index < -0.39 is 6.09 Å². The Morgan fingerprint density at radius 2 is 1.77 bits per heavy atom. The van der Waals surface area contributed by atoms with Gasteiger partial charge in [0.15, 0.2) is 5.82 Å². The third kappa shape index (κ3) is 5.35. The minimum Gasteiger partial charge on any atom is -0.445 e. The summed E-state index contributed by atoms with van der Waals surface area (Å²) in [5.41, 5.74) is 0.889. The molecule has 4 rings (SSSR count). The number of carbonyl (C=O) groups is 2. The number of anilines is 1. The van der Waals surface area contributed by atoms with Gasteiger partial charge in [-0.25, -0.2) is 19.4 Å². The number of alkyl carbamates (subject to hydrolysis) is 1. The lowest BCUT2D eigenvalue weighted by Crippen LogP contribution is -2.51. The molecule has 1 saturated heterocycles. The molecule has 2 aromatic heterocycles. The maximum Gasteiger partial charge on any atom is 0.407 e. The van der Waals surface area contributed by atoms with E-state index >= 15 is 0 Å². The lowest BCUT2D eigenvalue weighted by Gasteiger charge is -2.35. The van der Waals surface area contributed by atoms with Gasteiger partial charge in [0, 0.05) is 44.6 Å². The summed E-state index contributed by atoms with van der Waals surface area (Å²) in [7, 11) is 0. The second-order valence-corrected chi connectivity index (χ2v) is 6.97. The van der Waals surface area contributed by atoms with Gasteiger partial charge in [0.1, 0.15) is 25.3 Å². The number of ether oxygens (including phenoxy) is 1. The summed E-state index contributed by atoms with van der Waals surface area (Å²) in [6.45, 7) is 2.43. The Kier molecular flexibility index (Phi) is 6.36. The van der Waals surface area contributed by atoms with E-state index in [1.807, 2.05) is 48.7 Å². The van der Waals surface area contributed by atoms with Crippen LogP contribution in [0.1, 0.15) is 5.56 Å². The number of hydrogen-bond acceptors (Lipinski definition) is 7. The highest BCUT2D eigenvalue weighted by atomic mass is 16.5. The Balaban J connectivity index is 1.22. The van der Waals surface area contributed by atoms with E-state index in [-0.39, 0.29) is 19.1 Å². The zero-order valence-electron chi connectivity index (χ0n) is 16.9. The van der Waals surface area contributed by atoms with Crippen LogP contribution in [0.25, 0.3) is 5.82 Å². The van der Waals surface area contributed by atoms with Crippen LogP contribution in [-0.2, 0) is 16.1 Å². The lowest BCUT2D eigenvalue weighted by atomic mass is 10.2. The van der Waals surface area contributed by atoms with Gasteiger partial charge in [-0.15, -0.1) is 0 Å². The van der Waals surface area contributed by atoms with Gasteiger partial charge in [0.2, 0.25) is 5.91 Å². The van der Waals surface area contributed by atoms with Crippen LogP contribution >= 0.6 is 0 Å². The zero-order chi connectivity index (χ0) is 21.5. The molecule has 10 heteroatoms. The maximum absolute atomic E-state index is 12.4. The van der Waals surface area contributed by atoms with Crippen LogP contribution in [0, 0.1) is 0 Å². The van der Waals surface area contributed by atoms with Crippen molar-refractivity contribution >= 4 is 17.8 Å². The van der Waals surface area contributed by atoms with Gasteiger partial charge in [-0.2, -0.15) is 5.10 Å². The molecule has 0 atom stereocenters. The predicted octanol–water partition coefficient (Wildman–Crippen LogP) is 1.24. The molecular weight excluding hydrogens is 398 g/mol. The number of benzene rings is 1. The molecule has 0 unspecified atom stereocenters. The normalized spacial score (nSPS) is 13.7. The highest BCUT2D eigenvalue weighted by Gasteiger charge is 2.22. The molecule has 10 nitrogen and oxygen atoms in total. The molecule has 31 heavy (non-hydrogen) atoms. The summed E-state index contributed by atoms with van der Waals surface area (Å²) < 4.78 is 6.81. The standard InChI is InChI=1S/C21H23N7O3/c29-20(14-22-21(30)31-15-17-5-2-1-3-6-17)27-11-9-26(10-12-27)18-13-19(24-16-23-18)28-8-4-7-25-28/h1-8,13,16H,9-12,14-15H2,(H,22,30). The number of nitrogens with zero attached hydrogens (tertiary/aromatic N) is 6. The molecule has 0 aliphatic carbocycles. The second-order valence-electron chi connectivity index (χ2n) is 6.97. The van der Waals surface area contributed by atoms with E-state index in [9.17, 15) is 9.59 Å². The van der Waals surface area contributed by atoms with Gasteiger partial charge in [-0.05, 0) is 11.6 Å². The minimum atomic E-state index is -0.608. The van der Waals surface area contributed by atoms with Crippen molar-refractivity contribution < 1.29 is 14.3 Å².